The molecule has 0 aliphatic carbocycles. The number of aliphatic imine (C=N–C) groups is 1. The van der Waals surface area contributed by atoms with Gasteiger partial charge in [0.05, 0.1) is 23.2 Å². The lowest BCUT2D eigenvalue weighted by Crippen LogP contribution is -2.06. The van der Waals surface area contributed by atoms with Gasteiger partial charge in [0.15, 0.2) is 11.5 Å². The predicted octanol–water partition coefficient (Wildman–Crippen LogP) is 4.98. The zero-order valence-corrected chi connectivity index (χ0v) is 13.4. The topological polar surface area (TPSA) is 35.8 Å². The van der Waals surface area contributed by atoms with Crippen molar-refractivity contribution in [3.63, 3.8) is 0 Å². The number of benzene rings is 2. The molecule has 0 fully saturated rings. The Morgan fingerprint density at radius 1 is 0.962 bits per heavy atom. The first-order valence-electron chi connectivity index (χ1n) is 7.79. The maximum atomic E-state index is 12.9. The van der Waals surface area contributed by atoms with E-state index >= 15 is 0 Å². The van der Waals surface area contributed by atoms with Crippen molar-refractivity contribution in [2.24, 2.45) is 4.99 Å². The van der Waals surface area contributed by atoms with Crippen molar-refractivity contribution in [2.45, 2.75) is 6.18 Å². The highest BCUT2D eigenvalue weighted by molar-refractivity contribution is 5.81. The van der Waals surface area contributed by atoms with Gasteiger partial charge in [-0.05, 0) is 42.5 Å². The number of halogens is 3. The molecular weight excluding hydrogens is 345 g/mol. The van der Waals surface area contributed by atoms with Crippen LogP contribution in [0, 0.1) is 0 Å². The van der Waals surface area contributed by atoms with Crippen molar-refractivity contribution in [1.82, 2.24) is 4.57 Å². The summed E-state index contributed by atoms with van der Waals surface area (Å²) in [6.45, 7) is 0.181. The number of aromatic nitrogens is 1. The minimum absolute atomic E-state index is 0.181. The van der Waals surface area contributed by atoms with Gasteiger partial charge in [0.2, 0.25) is 6.79 Å². The molecule has 4 rings (SSSR count). The van der Waals surface area contributed by atoms with Crippen LogP contribution in [0.15, 0.2) is 65.8 Å². The van der Waals surface area contributed by atoms with Crippen LogP contribution in [-0.2, 0) is 6.18 Å². The third-order valence-electron chi connectivity index (χ3n) is 3.93. The Balaban J connectivity index is 1.63. The van der Waals surface area contributed by atoms with Crippen LogP contribution >= 0.6 is 0 Å². The first kappa shape index (κ1) is 16.3. The number of nitrogens with zero attached hydrogens (tertiary/aromatic N) is 2. The zero-order valence-electron chi connectivity index (χ0n) is 13.4. The number of fused-ring (bicyclic) bond motifs is 1. The van der Waals surface area contributed by atoms with Gasteiger partial charge in [0.25, 0.3) is 0 Å². The summed E-state index contributed by atoms with van der Waals surface area (Å²) in [5.41, 5.74) is 1.03. The molecule has 0 saturated heterocycles. The smallest absolute Gasteiger partial charge is 0.416 e. The molecule has 0 atom stereocenters. The molecule has 2 heterocycles. The number of ether oxygens (including phenoxy) is 2. The first-order chi connectivity index (χ1) is 12.5. The maximum Gasteiger partial charge on any atom is 0.416 e. The molecule has 0 radical (unpaired) electrons. The Bertz CT molecular complexity index is 977. The molecule has 26 heavy (non-hydrogen) atoms. The molecule has 4 nitrogen and oxygen atoms in total. The third kappa shape index (κ3) is 3.15. The third-order valence-corrected chi connectivity index (χ3v) is 3.93. The predicted molar refractivity (Wildman–Crippen MR) is 90.6 cm³/mol. The molecule has 1 aromatic heterocycles. The summed E-state index contributed by atoms with van der Waals surface area (Å²) in [6.07, 6.45) is -1.10. The van der Waals surface area contributed by atoms with Crippen LogP contribution in [0.2, 0.25) is 0 Å². The van der Waals surface area contributed by atoms with Crippen LogP contribution in [0.3, 0.4) is 0 Å². The van der Waals surface area contributed by atoms with E-state index in [0.717, 1.165) is 12.1 Å². The standard InChI is InChI=1S/C19H13F3N2O2/c20-19(21,22)13-3-1-4-15(9-13)24-8-2-5-16(24)11-23-14-6-7-17-18(10-14)26-12-25-17/h1-11H,12H2. The maximum absolute atomic E-state index is 12.9. The Morgan fingerprint density at radius 2 is 1.81 bits per heavy atom. The van der Waals surface area contributed by atoms with Gasteiger partial charge in [-0.25, -0.2) is 0 Å². The van der Waals surface area contributed by atoms with Gasteiger partial charge in [0, 0.05) is 18.0 Å². The second-order valence-electron chi connectivity index (χ2n) is 5.65. The summed E-state index contributed by atoms with van der Waals surface area (Å²) in [7, 11) is 0. The van der Waals surface area contributed by atoms with Crippen molar-refractivity contribution < 1.29 is 22.6 Å². The molecule has 0 unspecified atom stereocenters. The van der Waals surface area contributed by atoms with Crippen LogP contribution < -0.4 is 9.47 Å². The van der Waals surface area contributed by atoms with E-state index in [-0.39, 0.29) is 6.79 Å². The molecule has 0 N–H and O–H groups in total. The van der Waals surface area contributed by atoms with Gasteiger partial charge < -0.3 is 14.0 Å². The molecule has 3 aromatic rings. The zero-order chi connectivity index (χ0) is 18.1. The highest BCUT2D eigenvalue weighted by atomic mass is 19.4. The second-order valence-corrected chi connectivity index (χ2v) is 5.65. The minimum Gasteiger partial charge on any atom is -0.454 e. The highest BCUT2D eigenvalue weighted by Crippen LogP contribution is 2.35. The van der Waals surface area contributed by atoms with E-state index < -0.39 is 11.7 Å². The number of hydrogen-bond donors (Lipinski definition) is 0. The Kier molecular flexibility index (Phi) is 3.91. The Labute approximate surface area is 147 Å². The van der Waals surface area contributed by atoms with E-state index in [9.17, 15) is 13.2 Å². The van der Waals surface area contributed by atoms with E-state index in [0.29, 0.717) is 28.6 Å². The molecule has 7 heteroatoms. The fourth-order valence-corrected chi connectivity index (χ4v) is 2.67. The SMILES string of the molecule is FC(F)(F)c1cccc(-n2cccc2C=Nc2ccc3c(c2)OCO3)c1. The van der Waals surface area contributed by atoms with Gasteiger partial charge in [0.1, 0.15) is 0 Å². The fraction of sp³-hybridized carbons (Fsp3) is 0.105. The normalized spacial score (nSPS) is 13.5. The monoisotopic (exact) mass is 358 g/mol. The van der Waals surface area contributed by atoms with Crippen LogP contribution in [0.1, 0.15) is 11.3 Å². The van der Waals surface area contributed by atoms with Gasteiger partial charge in [-0.15, -0.1) is 0 Å². The van der Waals surface area contributed by atoms with Crippen molar-refractivity contribution in [3.8, 4) is 17.2 Å². The average molecular weight is 358 g/mol. The fourth-order valence-electron chi connectivity index (χ4n) is 2.67. The molecule has 2 aromatic carbocycles. The summed E-state index contributed by atoms with van der Waals surface area (Å²) in [6, 6.07) is 14.0. The average Bonchev–Trinajstić information content (AvgIpc) is 3.28. The molecular formula is C19H13F3N2O2. The lowest BCUT2D eigenvalue weighted by atomic mass is 10.2. The molecule has 132 valence electrons. The summed E-state index contributed by atoms with van der Waals surface area (Å²) >= 11 is 0. The molecule has 0 spiro atoms. The Hall–Kier alpha value is -3.22. The second kappa shape index (κ2) is 6.25. The molecule has 1 aliphatic heterocycles. The van der Waals surface area contributed by atoms with Crippen LogP contribution in [0.4, 0.5) is 18.9 Å². The lowest BCUT2D eigenvalue weighted by molar-refractivity contribution is -0.137. The number of rotatable bonds is 3. The van der Waals surface area contributed by atoms with Gasteiger partial charge in [-0.2, -0.15) is 13.2 Å². The highest BCUT2D eigenvalue weighted by Gasteiger charge is 2.30. The van der Waals surface area contributed by atoms with E-state index in [4.69, 9.17) is 9.47 Å². The minimum atomic E-state index is -4.39. The molecule has 0 amide bonds. The molecule has 1 aliphatic rings. The lowest BCUT2D eigenvalue weighted by Gasteiger charge is -2.11. The number of alkyl halides is 3. The van der Waals surface area contributed by atoms with Gasteiger partial charge in [-0.1, -0.05) is 6.07 Å². The molecule has 0 saturated carbocycles. The summed E-state index contributed by atoms with van der Waals surface area (Å²) < 4.78 is 51.0. The van der Waals surface area contributed by atoms with E-state index in [1.54, 1.807) is 53.4 Å². The van der Waals surface area contributed by atoms with Crippen molar-refractivity contribution in [2.75, 3.05) is 6.79 Å². The summed E-state index contributed by atoms with van der Waals surface area (Å²) in [5, 5.41) is 0. The largest absolute Gasteiger partial charge is 0.454 e. The number of hydrogen-bond acceptors (Lipinski definition) is 3. The van der Waals surface area contributed by atoms with Crippen LogP contribution in [0.25, 0.3) is 5.69 Å². The van der Waals surface area contributed by atoms with Crippen LogP contribution in [0.5, 0.6) is 11.5 Å². The van der Waals surface area contributed by atoms with E-state index in [2.05, 4.69) is 4.99 Å². The van der Waals surface area contributed by atoms with Crippen molar-refractivity contribution >= 4 is 11.9 Å². The van der Waals surface area contributed by atoms with E-state index in [1.807, 2.05) is 0 Å². The van der Waals surface area contributed by atoms with Gasteiger partial charge >= 0.3 is 6.18 Å². The first-order valence-corrected chi connectivity index (χ1v) is 7.79. The van der Waals surface area contributed by atoms with E-state index in [1.165, 1.54) is 6.07 Å². The van der Waals surface area contributed by atoms with Crippen molar-refractivity contribution in [3.05, 3.63) is 72.1 Å². The van der Waals surface area contributed by atoms with Crippen molar-refractivity contribution in [1.29, 1.82) is 0 Å². The molecule has 0 bridgehead atoms. The van der Waals surface area contributed by atoms with Gasteiger partial charge in [-0.3, -0.25) is 4.99 Å². The quantitative estimate of drug-likeness (QED) is 0.620. The Morgan fingerprint density at radius 3 is 2.65 bits per heavy atom. The summed E-state index contributed by atoms with van der Waals surface area (Å²) in [5.74, 6) is 1.28. The van der Waals surface area contributed by atoms with Crippen LogP contribution in [-0.4, -0.2) is 17.6 Å². The summed E-state index contributed by atoms with van der Waals surface area (Å²) in [4.78, 5) is 4.38.